The molecule has 0 radical (unpaired) electrons. The zero-order valence-corrected chi connectivity index (χ0v) is 21.2. The van der Waals surface area contributed by atoms with Gasteiger partial charge >= 0.3 is 0 Å². The molecule has 0 atom stereocenters. The number of hydrogen-bond acceptors (Lipinski definition) is 8. The Labute approximate surface area is 212 Å². The van der Waals surface area contributed by atoms with Crippen LogP contribution < -0.4 is 37.3 Å². The normalized spacial score (nSPS) is 18.0. The molecule has 1 aromatic carbocycles. The second kappa shape index (κ2) is 15.6. The molecule has 2 rings (SSSR count). The van der Waals surface area contributed by atoms with E-state index in [0.717, 1.165) is 25.7 Å². The molecule has 2 amide bonds. The molecule has 0 bridgehead atoms. The molecule has 8 N–H and O–H groups in total. The molecule has 0 spiro atoms. The predicted molar refractivity (Wildman–Crippen MR) is 141 cm³/mol. The molecule has 12 nitrogen and oxygen atoms in total. The summed E-state index contributed by atoms with van der Waals surface area (Å²) in [4.78, 5) is 36.2. The average Bonchev–Trinajstić information content (AvgIpc) is 2.85. The van der Waals surface area contributed by atoms with E-state index in [1.807, 2.05) is 19.0 Å². The lowest BCUT2D eigenvalue weighted by molar-refractivity contribution is 0.0921. The van der Waals surface area contributed by atoms with Crippen molar-refractivity contribution < 1.29 is 19.1 Å². The summed E-state index contributed by atoms with van der Waals surface area (Å²) in [5.41, 5.74) is 17.1. The Morgan fingerprint density at radius 3 is 2.06 bits per heavy atom. The number of benzene rings is 1. The third-order valence-electron chi connectivity index (χ3n) is 5.69. The number of nitrogens with one attached hydrogen (secondary N) is 2. The maximum Gasteiger partial charge on any atom is 0.255 e. The van der Waals surface area contributed by atoms with E-state index in [4.69, 9.17) is 26.7 Å². The highest BCUT2D eigenvalue weighted by Gasteiger charge is 2.25. The Morgan fingerprint density at radius 2 is 1.53 bits per heavy atom. The lowest BCUT2D eigenvalue weighted by Crippen LogP contribution is -2.40. The highest BCUT2D eigenvalue weighted by molar-refractivity contribution is 6.03. The molecule has 12 heteroatoms. The SMILES string of the molecule is CN(C)CCNC(=O)c1cc(C(=O)NC2CCC(N)CC2)c(OCCN=CN)cc1OCCN=CN. The summed E-state index contributed by atoms with van der Waals surface area (Å²) in [6.45, 7) is 2.10. The lowest BCUT2D eigenvalue weighted by Gasteiger charge is -2.27. The van der Waals surface area contributed by atoms with Gasteiger partial charge in [-0.25, -0.2) is 0 Å². The van der Waals surface area contributed by atoms with Crippen LogP contribution in [0.4, 0.5) is 0 Å². The molecule has 1 aliphatic rings. The molecule has 36 heavy (non-hydrogen) atoms. The van der Waals surface area contributed by atoms with Gasteiger partial charge < -0.3 is 42.2 Å². The van der Waals surface area contributed by atoms with Gasteiger partial charge in [-0.2, -0.15) is 0 Å². The molecule has 0 saturated heterocycles. The van der Waals surface area contributed by atoms with E-state index in [1.54, 1.807) is 6.07 Å². The summed E-state index contributed by atoms with van der Waals surface area (Å²) in [6, 6.07) is 3.25. The number of carbonyl (C=O) groups excluding carboxylic acids is 2. The number of amides is 2. The van der Waals surface area contributed by atoms with Crippen LogP contribution in [0.15, 0.2) is 22.1 Å². The second-order valence-corrected chi connectivity index (χ2v) is 8.80. The number of nitrogens with zero attached hydrogens (tertiary/aromatic N) is 3. The summed E-state index contributed by atoms with van der Waals surface area (Å²) < 4.78 is 11.7. The fourth-order valence-electron chi connectivity index (χ4n) is 3.74. The topological polar surface area (TPSA) is 183 Å². The van der Waals surface area contributed by atoms with Gasteiger partial charge in [0.15, 0.2) is 0 Å². The zero-order valence-electron chi connectivity index (χ0n) is 21.2. The fourth-order valence-corrected chi connectivity index (χ4v) is 3.74. The average molecular weight is 505 g/mol. The number of rotatable bonds is 14. The van der Waals surface area contributed by atoms with E-state index in [1.165, 1.54) is 18.7 Å². The molecule has 1 saturated carbocycles. The second-order valence-electron chi connectivity index (χ2n) is 8.80. The van der Waals surface area contributed by atoms with Gasteiger partial charge in [-0.15, -0.1) is 0 Å². The van der Waals surface area contributed by atoms with Crippen molar-refractivity contribution in [2.24, 2.45) is 27.2 Å². The maximum atomic E-state index is 13.3. The van der Waals surface area contributed by atoms with Gasteiger partial charge in [0, 0.05) is 31.2 Å². The van der Waals surface area contributed by atoms with Gasteiger partial charge in [-0.05, 0) is 45.8 Å². The molecule has 0 aliphatic heterocycles. The summed E-state index contributed by atoms with van der Waals surface area (Å²) >= 11 is 0. The standard InChI is InChI=1S/C24H40N8O4/c1-32(2)10-7-30-23(33)19-13-20(24(34)31-18-5-3-17(27)4-6-18)22(36-12-9-29-16-26)14-21(19)35-11-8-28-15-25/h13-18H,3-12,27H2,1-2H3,(H2,25,28)(H2,26,29)(H,30,33)(H,31,34). The van der Waals surface area contributed by atoms with E-state index in [2.05, 4.69) is 20.6 Å². The predicted octanol–water partition coefficient (Wildman–Crippen LogP) is -0.291. The van der Waals surface area contributed by atoms with Crippen LogP contribution in [-0.2, 0) is 0 Å². The van der Waals surface area contributed by atoms with Crippen molar-refractivity contribution in [1.82, 2.24) is 15.5 Å². The van der Waals surface area contributed by atoms with Gasteiger partial charge in [0.05, 0.1) is 36.9 Å². The summed E-state index contributed by atoms with van der Waals surface area (Å²) in [6.07, 6.45) is 5.69. The van der Waals surface area contributed by atoms with Gasteiger partial charge in [-0.3, -0.25) is 19.6 Å². The van der Waals surface area contributed by atoms with Crippen LogP contribution in [0.25, 0.3) is 0 Å². The molecule has 0 aromatic heterocycles. The van der Waals surface area contributed by atoms with Gasteiger partial charge in [0.1, 0.15) is 24.7 Å². The Bertz CT molecular complexity index is 898. The van der Waals surface area contributed by atoms with Crippen LogP contribution in [0, 0.1) is 0 Å². The molecule has 1 aliphatic carbocycles. The molecule has 1 aromatic rings. The van der Waals surface area contributed by atoms with Crippen LogP contribution in [0.3, 0.4) is 0 Å². The Hall–Kier alpha value is -3.38. The summed E-state index contributed by atoms with van der Waals surface area (Å²) in [5.74, 6) is -0.114. The minimum atomic E-state index is -0.355. The molecular formula is C24H40N8O4. The molecule has 200 valence electrons. The van der Waals surface area contributed by atoms with Crippen LogP contribution in [0.1, 0.15) is 46.4 Å². The van der Waals surface area contributed by atoms with Gasteiger partial charge in [0.25, 0.3) is 11.8 Å². The van der Waals surface area contributed by atoms with Crippen molar-refractivity contribution in [2.45, 2.75) is 37.8 Å². The van der Waals surface area contributed by atoms with Crippen molar-refractivity contribution in [3.63, 3.8) is 0 Å². The molecule has 1 fully saturated rings. The monoisotopic (exact) mass is 504 g/mol. The van der Waals surface area contributed by atoms with Crippen molar-refractivity contribution in [2.75, 3.05) is 53.5 Å². The van der Waals surface area contributed by atoms with Crippen molar-refractivity contribution in [3.05, 3.63) is 23.3 Å². The first-order chi connectivity index (χ1) is 17.3. The first-order valence-corrected chi connectivity index (χ1v) is 12.2. The van der Waals surface area contributed by atoms with Crippen molar-refractivity contribution in [1.29, 1.82) is 0 Å². The van der Waals surface area contributed by atoms with Crippen LogP contribution in [-0.4, -0.2) is 95.0 Å². The number of aliphatic imine (C=N–C) groups is 2. The quantitative estimate of drug-likeness (QED) is 0.130. The summed E-state index contributed by atoms with van der Waals surface area (Å²) in [7, 11) is 3.83. The summed E-state index contributed by atoms with van der Waals surface area (Å²) in [5, 5.41) is 5.94. The van der Waals surface area contributed by atoms with E-state index < -0.39 is 0 Å². The van der Waals surface area contributed by atoms with Crippen LogP contribution in [0.5, 0.6) is 11.5 Å². The molecule has 0 unspecified atom stereocenters. The Morgan fingerprint density at radius 1 is 0.972 bits per heavy atom. The highest BCUT2D eigenvalue weighted by Crippen LogP contribution is 2.30. The minimum Gasteiger partial charge on any atom is -0.491 e. The largest absolute Gasteiger partial charge is 0.491 e. The minimum absolute atomic E-state index is 0.00871. The highest BCUT2D eigenvalue weighted by atomic mass is 16.5. The number of hydrogen-bond donors (Lipinski definition) is 5. The number of carbonyl (C=O) groups is 2. The third kappa shape index (κ3) is 9.70. The van der Waals surface area contributed by atoms with Crippen molar-refractivity contribution in [3.8, 4) is 11.5 Å². The Balaban J connectivity index is 2.34. The fraction of sp³-hybridized carbons (Fsp3) is 0.583. The maximum absolute atomic E-state index is 13.3. The van der Waals surface area contributed by atoms with Gasteiger partial charge in [0.2, 0.25) is 0 Å². The van der Waals surface area contributed by atoms with Gasteiger partial charge in [-0.1, -0.05) is 0 Å². The van der Waals surface area contributed by atoms with Crippen LogP contribution >= 0.6 is 0 Å². The van der Waals surface area contributed by atoms with E-state index in [0.29, 0.717) is 26.2 Å². The van der Waals surface area contributed by atoms with Crippen molar-refractivity contribution >= 4 is 24.5 Å². The Kier molecular flexibility index (Phi) is 12.5. The number of ether oxygens (including phenoxy) is 2. The smallest absolute Gasteiger partial charge is 0.255 e. The van der Waals surface area contributed by atoms with E-state index >= 15 is 0 Å². The van der Waals surface area contributed by atoms with E-state index in [9.17, 15) is 9.59 Å². The number of nitrogens with two attached hydrogens (primary N) is 3. The zero-order chi connectivity index (χ0) is 26.3. The third-order valence-corrected chi connectivity index (χ3v) is 5.69. The number of likely N-dealkylation sites (N-methyl/N-ethyl adjacent to an activating group) is 1. The molecule has 0 heterocycles. The van der Waals surface area contributed by atoms with Crippen LogP contribution in [0.2, 0.25) is 0 Å². The molecular weight excluding hydrogens is 464 g/mol. The lowest BCUT2D eigenvalue weighted by atomic mass is 9.91. The first kappa shape index (κ1) is 28.9. The van der Waals surface area contributed by atoms with E-state index in [-0.39, 0.29) is 59.7 Å². The first-order valence-electron chi connectivity index (χ1n) is 12.2.